The van der Waals surface area contributed by atoms with Crippen LogP contribution in [0.4, 0.5) is 19.1 Å². The molecule has 1 unspecified atom stereocenters. The molecule has 0 amide bonds. The van der Waals surface area contributed by atoms with Gasteiger partial charge in [0, 0.05) is 23.1 Å². The third kappa shape index (κ3) is 6.47. The summed E-state index contributed by atoms with van der Waals surface area (Å²) in [7, 11) is -3.81. The van der Waals surface area contributed by atoms with Gasteiger partial charge in [0.1, 0.15) is 6.26 Å². The zero-order valence-electron chi connectivity index (χ0n) is 20.3. The molecule has 4 rings (SSSR count). The Bertz CT molecular complexity index is 1400. The molecule has 1 atom stereocenters. The van der Waals surface area contributed by atoms with Crippen LogP contribution in [0.1, 0.15) is 42.5 Å². The van der Waals surface area contributed by atoms with Crippen LogP contribution in [0.15, 0.2) is 68.8 Å². The van der Waals surface area contributed by atoms with Crippen molar-refractivity contribution in [3.8, 4) is 22.6 Å². The maximum atomic E-state index is 13.5. The maximum absolute atomic E-state index is 13.5. The Balaban J connectivity index is 1.68. The first-order valence-corrected chi connectivity index (χ1v) is 13.2. The first-order chi connectivity index (χ1) is 17.5. The smallest absolute Gasteiger partial charge is 0.389 e. The molecule has 0 aliphatic heterocycles. The predicted molar refractivity (Wildman–Crippen MR) is 134 cm³/mol. The standard InChI is InChI=1S/C26H26F3N3O4S/c1-17-18(2)31-36-24(17)32-37(33,34)23-10-6-5-9-22(23)21-12-11-20(25-30-14-15-35-25)16-19(21)8-4-3-7-13-26(27,28)29/h5-6,9-12,14-16H,3-4,7-8,13H2,1-2H3,(H-,32,33,34)/p+1. The van der Waals surface area contributed by atoms with Gasteiger partial charge in [0.05, 0.1) is 11.9 Å². The van der Waals surface area contributed by atoms with Gasteiger partial charge in [0.15, 0.2) is 0 Å². The summed E-state index contributed by atoms with van der Waals surface area (Å²) in [5.74, 6) is 0.505. The molecule has 2 heterocycles. The molecular weight excluding hydrogens is 507 g/mol. The molecule has 2 aromatic heterocycles. The molecular formula is C26H27F3N3O4S+. The fraction of sp³-hybridized carbons (Fsp3) is 0.308. The molecule has 0 spiro atoms. The molecule has 196 valence electrons. The van der Waals surface area contributed by atoms with Crippen LogP contribution in [0.3, 0.4) is 0 Å². The van der Waals surface area contributed by atoms with Crippen molar-refractivity contribution in [2.24, 2.45) is 0 Å². The van der Waals surface area contributed by atoms with Gasteiger partial charge in [-0.3, -0.25) is 0 Å². The number of hydrogen-bond donors (Lipinski definition) is 2. The second kappa shape index (κ2) is 10.9. The highest BCUT2D eigenvalue weighted by Crippen LogP contribution is 2.36. The van der Waals surface area contributed by atoms with Crippen LogP contribution >= 0.6 is 0 Å². The SMILES string of the molecule is Cc1noc(N[S+](=O)(O)c2ccccc2-c2ccc(-c3ncco3)cc2CCCCCC(F)(F)F)c1C. The average Bonchev–Trinajstić information content (AvgIpc) is 3.49. The molecule has 2 N–H and O–H groups in total. The lowest BCUT2D eigenvalue weighted by Gasteiger charge is -2.14. The number of hydrogen-bond acceptors (Lipinski definition) is 5. The molecule has 4 aromatic rings. The summed E-state index contributed by atoms with van der Waals surface area (Å²) >= 11 is 0. The zero-order chi connectivity index (χ0) is 26.6. The van der Waals surface area contributed by atoms with Crippen molar-refractivity contribution in [1.29, 1.82) is 0 Å². The number of halogens is 3. The number of nitrogens with zero attached hydrogens (tertiary/aromatic N) is 2. The van der Waals surface area contributed by atoms with Gasteiger partial charge in [-0.1, -0.05) is 29.8 Å². The number of rotatable bonds is 10. The van der Waals surface area contributed by atoms with E-state index in [1.54, 1.807) is 44.2 Å². The molecule has 0 radical (unpaired) electrons. The van der Waals surface area contributed by atoms with Crippen LogP contribution in [0.2, 0.25) is 0 Å². The van der Waals surface area contributed by atoms with E-state index in [4.69, 9.17) is 8.94 Å². The Labute approximate surface area is 213 Å². The number of oxazole rings is 1. The second-order valence-electron chi connectivity index (χ2n) is 8.73. The molecule has 0 fully saturated rings. The fourth-order valence-corrected chi connectivity index (χ4v) is 5.29. The molecule has 0 bridgehead atoms. The largest absolute Gasteiger partial charge is 0.445 e. The van der Waals surface area contributed by atoms with Crippen LogP contribution in [-0.4, -0.2) is 20.9 Å². The normalized spacial score (nSPS) is 13.5. The van der Waals surface area contributed by atoms with E-state index in [-0.39, 0.29) is 17.2 Å². The van der Waals surface area contributed by atoms with Crippen LogP contribution < -0.4 is 4.72 Å². The monoisotopic (exact) mass is 534 g/mol. The third-order valence-corrected chi connectivity index (χ3v) is 7.47. The van der Waals surface area contributed by atoms with Crippen molar-refractivity contribution in [2.75, 3.05) is 4.72 Å². The van der Waals surface area contributed by atoms with Gasteiger partial charge >= 0.3 is 16.6 Å². The Kier molecular flexibility index (Phi) is 7.84. The summed E-state index contributed by atoms with van der Waals surface area (Å²) in [6.45, 7) is 3.46. The van der Waals surface area contributed by atoms with E-state index in [0.717, 1.165) is 5.56 Å². The molecule has 37 heavy (non-hydrogen) atoms. The number of aryl methyl sites for hydroxylation is 2. The summed E-state index contributed by atoms with van der Waals surface area (Å²) in [6, 6.07) is 12.2. The van der Waals surface area contributed by atoms with E-state index < -0.39 is 23.0 Å². The van der Waals surface area contributed by atoms with Gasteiger partial charge in [0.25, 0.3) is 5.88 Å². The van der Waals surface area contributed by atoms with Crippen LogP contribution in [-0.2, 0) is 21.0 Å². The minimum atomic E-state index is -4.18. The van der Waals surface area contributed by atoms with Gasteiger partial charge < -0.3 is 8.94 Å². The van der Waals surface area contributed by atoms with Crippen LogP contribution in [0, 0.1) is 13.8 Å². The number of alkyl halides is 3. The van der Waals surface area contributed by atoms with E-state index in [2.05, 4.69) is 14.9 Å². The predicted octanol–water partition coefficient (Wildman–Crippen LogP) is 7.64. The van der Waals surface area contributed by atoms with Gasteiger partial charge in [0.2, 0.25) is 10.8 Å². The van der Waals surface area contributed by atoms with Crippen molar-refractivity contribution in [3.05, 3.63) is 71.7 Å². The highest BCUT2D eigenvalue weighted by Gasteiger charge is 2.36. The van der Waals surface area contributed by atoms with E-state index >= 15 is 0 Å². The summed E-state index contributed by atoms with van der Waals surface area (Å²) in [6.07, 6.45) is -0.600. The fourth-order valence-electron chi connectivity index (χ4n) is 4.00. The minimum Gasteiger partial charge on any atom is -0.445 e. The lowest BCUT2D eigenvalue weighted by molar-refractivity contribution is -0.135. The summed E-state index contributed by atoms with van der Waals surface area (Å²) in [5.41, 5.74) is 3.93. The Hall–Kier alpha value is -3.44. The summed E-state index contributed by atoms with van der Waals surface area (Å²) < 4.78 is 75.4. The van der Waals surface area contributed by atoms with Crippen LogP contribution in [0.5, 0.6) is 0 Å². The molecule has 11 heteroatoms. The highest BCUT2D eigenvalue weighted by atomic mass is 32.3. The van der Waals surface area contributed by atoms with Crippen LogP contribution in [0.25, 0.3) is 22.6 Å². The minimum absolute atomic E-state index is 0.0409. The molecule has 0 saturated heterocycles. The van der Waals surface area contributed by atoms with E-state index in [9.17, 15) is 21.9 Å². The number of benzene rings is 2. The van der Waals surface area contributed by atoms with E-state index in [0.29, 0.717) is 53.1 Å². The third-order valence-electron chi connectivity index (χ3n) is 6.05. The Morgan fingerprint density at radius 2 is 1.84 bits per heavy atom. The summed E-state index contributed by atoms with van der Waals surface area (Å²) in [4.78, 5) is 4.32. The van der Waals surface area contributed by atoms with Crippen molar-refractivity contribution in [2.45, 2.75) is 57.0 Å². The highest BCUT2D eigenvalue weighted by molar-refractivity contribution is 7.99. The number of aromatic nitrogens is 2. The molecule has 7 nitrogen and oxygen atoms in total. The number of unbranched alkanes of at least 4 members (excludes halogenated alkanes) is 2. The first-order valence-electron chi connectivity index (χ1n) is 11.7. The van der Waals surface area contributed by atoms with Crippen molar-refractivity contribution in [1.82, 2.24) is 10.1 Å². The topological polar surface area (TPSA) is 101 Å². The van der Waals surface area contributed by atoms with Crippen molar-refractivity contribution < 1.29 is 30.9 Å². The van der Waals surface area contributed by atoms with Gasteiger partial charge in [-0.05, 0) is 72.7 Å². The molecule has 0 aliphatic rings. The van der Waals surface area contributed by atoms with Crippen molar-refractivity contribution >= 4 is 16.3 Å². The number of anilines is 1. The van der Waals surface area contributed by atoms with Crippen molar-refractivity contribution in [3.63, 3.8) is 0 Å². The summed E-state index contributed by atoms with van der Waals surface area (Å²) in [5, 5.41) is 3.83. The van der Waals surface area contributed by atoms with Gasteiger partial charge in [-0.25, -0.2) is 4.98 Å². The molecule has 2 aromatic carbocycles. The Morgan fingerprint density at radius 1 is 1.05 bits per heavy atom. The van der Waals surface area contributed by atoms with Gasteiger partial charge in [-0.2, -0.15) is 17.7 Å². The Morgan fingerprint density at radius 3 is 2.51 bits per heavy atom. The second-order valence-corrected chi connectivity index (χ2v) is 10.4. The quantitative estimate of drug-likeness (QED) is 0.160. The average molecular weight is 535 g/mol. The number of nitrogens with one attached hydrogen (secondary N) is 1. The zero-order valence-corrected chi connectivity index (χ0v) is 21.2. The molecule has 0 aliphatic carbocycles. The lowest BCUT2D eigenvalue weighted by Crippen LogP contribution is -2.21. The van der Waals surface area contributed by atoms with E-state index in [1.807, 2.05) is 12.1 Å². The van der Waals surface area contributed by atoms with Gasteiger partial charge in [-0.15, -0.1) is 4.72 Å². The molecule has 0 saturated carbocycles. The first kappa shape index (κ1) is 26.6. The van der Waals surface area contributed by atoms with E-state index in [1.165, 1.54) is 12.5 Å². The maximum Gasteiger partial charge on any atom is 0.389 e. The lowest BCUT2D eigenvalue weighted by atomic mass is 9.93.